The van der Waals surface area contributed by atoms with Crippen molar-refractivity contribution in [3.63, 3.8) is 0 Å². The second-order valence-corrected chi connectivity index (χ2v) is 8.75. The Morgan fingerprint density at radius 1 is 1.18 bits per heavy atom. The summed E-state index contributed by atoms with van der Waals surface area (Å²) in [6, 6.07) is 13.6. The quantitative estimate of drug-likeness (QED) is 0.583. The Hall–Kier alpha value is -3.98. The van der Waals surface area contributed by atoms with Gasteiger partial charge in [0, 0.05) is 11.3 Å². The lowest BCUT2D eigenvalue weighted by atomic mass is 9.95. The maximum absolute atomic E-state index is 13.8. The number of aromatic nitrogens is 1. The van der Waals surface area contributed by atoms with Crippen LogP contribution in [0.25, 0.3) is 5.57 Å². The first kappa shape index (κ1) is 21.8. The summed E-state index contributed by atoms with van der Waals surface area (Å²) in [6.07, 6.45) is 0. The molecule has 3 heterocycles. The number of rotatable bonds is 4. The summed E-state index contributed by atoms with van der Waals surface area (Å²) in [5.41, 5.74) is 2.63. The summed E-state index contributed by atoms with van der Waals surface area (Å²) in [5.74, 6) is -0.298. The van der Waals surface area contributed by atoms with Gasteiger partial charge in [0.25, 0.3) is 11.5 Å². The van der Waals surface area contributed by atoms with E-state index >= 15 is 0 Å². The Balaban J connectivity index is 1.82. The van der Waals surface area contributed by atoms with Gasteiger partial charge in [0.1, 0.15) is 10.3 Å². The predicted molar refractivity (Wildman–Crippen MR) is 127 cm³/mol. The molecule has 8 nitrogen and oxygen atoms in total. The van der Waals surface area contributed by atoms with Gasteiger partial charge in [-0.15, -0.1) is 0 Å². The van der Waals surface area contributed by atoms with E-state index in [4.69, 9.17) is 9.47 Å². The van der Waals surface area contributed by atoms with Gasteiger partial charge in [-0.2, -0.15) is 0 Å². The molecule has 1 amide bonds. The summed E-state index contributed by atoms with van der Waals surface area (Å²) in [4.78, 5) is 44.6. The lowest BCUT2D eigenvalue weighted by Crippen LogP contribution is -2.40. The monoisotopic (exact) mass is 475 g/mol. The Labute approximate surface area is 198 Å². The van der Waals surface area contributed by atoms with Gasteiger partial charge in [-0.3, -0.25) is 14.2 Å². The SMILES string of the molecule is CCOC(=O)C1=C(C)N=c2s/c(=C3\C(=O)Nc4ccccc43)c(=O)n2[C@H]1c1cccc(OC)c1. The molecule has 1 aromatic heterocycles. The molecule has 0 bridgehead atoms. The number of carbonyl (C=O) groups is 2. The Kier molecular flexibility index (Phi) is 5.41. The topological polar surface area (TPSA) is 99.0 Å². The molecular formula is C25H21N3O5S. The van der Waals surface area contributed by atoms with Crippen LogP contribution in [-0.2, 0) is 14.3 Å². The fraction of sp³-hybridized carbons (Fsp3) is 0.200. The minimum absolute atomic E-state index is 0.186. The number of carbonyl (C=O) groups excluding carboxylic acids is 2. The molecule has 0 spiro atoms. The number of fused-ring (bicyclic) bond motifs is 2. The van der Waals surface area contributed by atoms with Gasteiger partial charge in [0.2, 0.25) is 0 Å². The average molecular weight is 476 g/mol. The number of amides is 1. The fourth-order valence-corrected chi connectivity index (χ4v) is 5.45. The number of esters is 1. The summed E-state index contributed by atoms with van der Waals surface area (Å²) in [6.45, 7) is 3.63. The van der Waals surface area contributed by atoms with E-state index in [1.54, 1.807) is 51.3 Å². The van der Waals surface area contributed by atoms with Crippen LogP contribution in [0.4, 0.5) is 5.69 Å². The number of ether oxygens (including phenoxy) is 2. The Morgan fingerprint density at radius 2 is 1.97 bits per heavy atom. The number of benzene rings is 2. The molecule has 0 saturated carbocycles. The summed E-state index contributed by atoms with van der Waals surface area (Å²) in [7, 11) is 1.55. The van der Waals surface area contributed by atoms with Crippen LogP contribution in [0, 0.1) is 0 Å². The number of para-hydroxylation sites is 1. The van der Waals surface area contributed by atoms with Crippen molar-refractivity contribution in [3.05, 3.63) is 90.6 Å². The normalized spacial score (nSPS) is 18.1. The van der Waals surface area contributed by atoms with Crippen molar-refractivity contribution in [2.45, 2.75) is 19.9 Å². The standard InChI is InChI=1S/C25H21N3O5S/c1-4-33-24(31)18-13(2)26-25-28(20(18)14-8-7-9-15(12-14)32-3)23(30)21(34-25)19-16-10-5-6-11-17(16)27-22(19)29/h5-12,20H,4H2,1-3H3,(H,27,29)/b21-19-/t20-/m0/s1. The highest BCUT2D eigenvalue weighted by atomic mass is 32.1. The Morgan fingerprint density at radius 3 is 2.74 bits per heavy atom. The predicted octanol–water partition coefficient (Wildman–Crippen LogP) is 2.13. The van der Waals surface area contributed by atoms with E-state index < -0.39 is 17.6 Å². The summed E-state index contributed by atoms with van der Waals surface area (Å²) >= 11 is 1.13. The van der Waals surface area contributed by atoms with Gasteiger partial charge >= 0.3 is 5.97 Å². The molecule has 2 aliphatic heterocycles. The third-order valence-corrected chi connectivity index (χ3v) is 6.85. The molecule has 2 aromatic carbocycles. The first-order valence-electron chi connectivity index (χ1n) is 10.7. The van der Waals surface area contributed by atoms with Crippen molar-refractivity contribution in [1.82, 2.24) is 4.57 Å². The number of nitrogens with one attached hydrogen (secondary N) is 1. The maximum Gasteiger partial charge on any atom is 0.338 e. The molecule has 0 fully saturated rings. The van der Waals surface area contributed by atoms with Crippen LogP contribution < -0.4 is 24.9 Å². The van der Waals surface area contributed by atoms with E-state index in [2.05, 4.69) is 10.3 Å². The molecule has 5 rings (SSSR count). The highest BCUT2D eigenvalue weighted by Gasteiger charge is 2.35. The number of methoxy groups -OCH3 is 1. The minimum atomic E-state index is -0.778. The van der Waals surface area contributed by atoms with Crippen LogP contribution in [-0.4, -0.2) is 30.2 Å². The Bertz CT molecular complexity index is 1560. The first-order chi connectivity index (χ1) is 16.4. The number of hydrogen-bond donors (Lipinski definition) is 1. The molecule has 172 valence electrons. The molecule has 0 unspecified atom stereocenters. The van der Waals surface area contributed by atoms with Crippen molar-refractivity contribution < 1.29 is 19.1 Å². The minimum Gasteiger partial charge on any atom is -0.497 e. The van der Waals surface area contributed by atoms with Crippen LogP contribution in [0.15, 0.2) is 69.6 Å². The van der Waals surface area contributed by atoms with Crippen LogP contribution in [0.5, 0.6) is 5.75 Å². The molecule has 0 saturated heterocycles. The number of nitrogens with zero attached hydrogens (tertiary/aromatic N) is 2. The van der Waals surface area contributed by atoms with Gasteiger partial charge in [0.15, 0.2) is 4.80 Å². The van der Waals surface area contributed by atoms with Crippen LogP contribution in [0.3, 0.4) is 0 Å². The van der Waals surface area contributed by atoms with Gasteiger partial charge < -0.3 is 14.8 Å². The zero-order chi connectivity index (χ0) is 24.0. The van der Waals surface area contributed by atoms with Crippen LogP contribution in [0.2, 0.25) is 0 Å². The number of hydrogen-bond acceptors (Lipinski definition) is 7. The van der Waals surface area contributed by atoms with Crippen molar-refractivity contribution in [1.29, 1.82) is 0 Å². The largest absolute Gasteiger partial charge is 0.497 e. The van der Waals surface area contributed by atoms with E-state index in [0.29, 0.717) is 38.6 Å². The summed E-state index contributed by atoms with van der Waals surface area (Å²) < 4.78 is 12.4. The molecule has 3 aromatic rings. The summed E-state index contributed by atoms with van der Waals surface area (Å²) in [5, 5.41) is 2.81. The highest BCUT2D eigenvalue weighted by Crippen LogP contribution is 2.33. The lowest BCUT2D eigenvalue weighted by Gasteiger charge is -2.25. The molecule has 1 N–H and O–H groups in total. The molecule has 2 aliphatic rings. The van der Waals surface area contributed by atoms with Crippen LogP contribution in [0.1, 0.15) is 31.0 Å². The van der Waals surface area contributed by atoms with Crippen molar-refractivity contribution in [2.75, 3.05) is 19.0 Å². The van der Waals surface area contributed by atoms with Crippen molar-refractivity contribution in [3.8, 4) is 5.75 Å². The van der Waals surface area contributed by atoms with E-state index in [-0.39, 0.29) is 22.6 Å². The lowest BCUT2D eigenvalue weighted by molar-refractivity contribution is -0.139. The van der Waals surface area contributed by atoms with Crippen molar-refractivity contribution in [2.24, 2.45) is 4.99 Å². The second kappa shape index (κ2) is 8.42. The zero-order valence-corrected chi connectivity index (χ0v) is 19.6. The fourth-order valence-electron chi connectivity index (χ4n) is 4.31. The van der Waals surface area contributed by atoms with Crippen molar-refractivity contribution >= 4 is 34.5 Å². The molecule has 9 heteroatoms. The van der Waals surface area contributed by atoms with Gasteiger partial charge in [-0.05, 0) is 37.6 Å². The zero-order valence-electron chi connectivity index (χ0n) is 18.7. The van der Waals surface area contributed by atoms with Crippen LogP contribution >= 0.6 is 11.3 Å². The third kappa shape index (κ3) is 3.36. The maximum atomic E-state index is 13.8. The van der Waals surface area contributed by atoms with E-state index in [9.17, 15) is 14.4 Å². The van der Waals surface area contributed by atoms with Gasteiger partial charge in [0.05, 0.1) is 36.6 Å². The number of allylic oxidation sites excluding steroid dienone is 1. The van der Waals surface area contributed by atoms with Gasteiger partial charge in [-0.1, -0.05) is 41.7 Å². The average Bonchev–Trinajstić information content (AvgIpc) is 3.33. The van der Waals surface area contributed by atoms with E-state index in [1.165, 1.54) is 4.57 Å². The van der Waals surface area contributed by atoms with Gasteiger partial charge in [-0.25, -0.2) is 9.79 Å². The molecule has 0 aliphatic carbocycles. The van der Waals surface area contributed by atoms with E-state index in [1.807, 2.05) is 18.2 Å². The number of anilines is 1. The molecular weight excluding hydrogens is 454 g/mol. The molecule has 0 radical (unpaired) electrons. The first-order valence-corrected chi connectivity index (χ1v) is 11.5. The smallest absolute Gasteiger partial charge is 0.338 e. The third-order valence-electron chi connectivity index (χ3n) is 5.80. The number of thiazole rings is 1. The highest BCUT2D eigenvalue weighted by molar-refractivity contribution is 7.07. The second-order valence-electron chi connectivity index (χ2n) is 7.77. The molecule has 1 atom stereocenters. The molecule has 34 heavy (non-hydrogen) atoms. The van der Waals surface area contributed by atoms with E-state index in [0.717, 1.165) is 11.3 Å².